The van der Waals surface area contributed by atoms with Gasteiger partial charge in [-0.1, -0.05) is 30.3 Å². The Labute approximate surface area is 368 Å². The number of benzene rings is 2. The fraction of sp³-hybridized carbons (Fsp3) is 0.229. The standard InChI is InChI=1S/C26H25N7O.C22H21FN6O/c1-18-16-34-12-11-33(18)24-13-21(23-14-27-17-32(23)15-19-5-3-2-4-6-19)20-7-9-28-26(25(20)30-24)22-8-10-29-31-22;1-13-12-30-9-8-29(13)20-11-16(17-10-14(23)2-3-18(17)24)15-4-6-25-22(21(15)27-20)19-5-7-26-28-19/h2-10,13-14,17-18H,11-12,15-16H2,1H3,(H,29,31);2-7,10-11,13H,8-9,12,24H2,1H3,(H,26,28)/t18-;13-/m11/s1. The molecular weight excluding hydrogens is 810 g/mol. The van der Waals surface area contributed by atoms with Crippen LogP contribution in [0.2, 0.25) is 0 Å². The number of ether oxygens (including phenoxy) is 2. The third-order valence-electron chi connectivity index (χ3n) is 11.8. The molecule has 2 saturated heterocycles. The molecule has 0 aliphatic carbocycles. The molecule has 2 fully saturated rings. The molecule has 2 aromatic carbocycles. The zero-order valence-corrected chi connectivity index (χ0v) is 35.4. The van der Waals surface area contributed by atoms with Crippen molar-refractivity contribution in [2.75, 3.05) is 55.1 Å². The van der Waals surface area contributed by atoms with E-state index in [1.807, 2.05) is 55.1 Å². The van der Waals surface area contributed by atoms with Gasteiger partial charge in [0.2, 0.25) is 0 Å². The molecule has 0 unspecified atom stereocenters. The lowest BCUT2D eigenvalue weighted by molar-refractivity contribution is 0.0985. The Kier molecular flexibility index (Phi) is 11.2. The minimum atomic E-state index is -0.340. The van der Waals surface area contributed by atoms with E-state index >= 15 is 0 Å². The number of pyridine rings is 4. The number of halogens is 1. The highest BCUT2D eigenvalue weighted by Gasteiger charge is 2.26. The lowest BCUT2D eigenvalue weighted by Crippen LogP contribution is -2.44. The van der Waals surface area contributed by atoms with Crippen molar-refractivity contribution < 1.29 is 13.9 Å². The summed E-state index contributed by atoms with van der Waals surface area (Å²) < 4.78 is 27.6. The smallest absolute Gasteiger partial charge is 0.130 e. The summed E-state index contributed by atoms with van der Waals surface area (Å²) in [5, 5.41) is 16.1. The number of fused-ring (bicyclic) bond motifs is 2. The van der Waals surface area contributed by atoms with E-state index in [-0.39, 0.29) is 17.9 Å². The van der Waals surface area contributed by atoms with Crippen LogP contribution in [-0.4, -0.2) is 101 Å². The van der Waals surface area contributed by atoms with Crippen LogP contribution >= 0.6 is 0 Å². The molecule has 0 amide bonds. The maximum atomic E-state index is 14.1. The fourth-order valence-corrected chi connectivity index (χ4v) is 8.52. The summed E-state index contributed by atoms with van der Waals surface area (Å²) in [7, 11) is 0. The Balaban J connectivity index is 0.000000153. The number of aromatic nitrogens is 10. The van der Waals surface area contributed by atoms with Gasteiger partial charge in [-0.15, -0.1) is 0 Å². The molecule has 4 N–H and O–H groups in total. The Morgan fingerprint density at radius 2 is 1.28 bits per heavy atom. The molecule has 0 bridgehead atoms. The highest BCUT2D eigenvalue weighted by molar-refractivity contribution is 6.04. The van der Waals surface area contributed by atoms with E-state index in [1.165, 1.54) is 17.7 Å². The number of nitrogens with zero attached hydrogens (tertiary/aromatic N) is 10. The van der Waals surface area contributed by atoms with E-state index in [4.69, 9.17) is 25.2 Å². The molecule has 0 spiro atoms. The molecule has 2 atom stereocenters. The molecule has 9 aromatic rings. The van der Waals surface area contributed by atoms with Crippen molar-refractivity contribution in [1.29, 1.82) is 0 Å². The first kappa shape index (κ1) is 40.5. The Morgan fingerprint density at radius 3 is 1.86 bits per heavy atom. The van der Waals surface area contributed by atoms with Crippen molar-refractivity contribution in [2.45, 2.75) is 32.5 Å². The summed E-state index contributed by atoms with van der Waals surface area (Å²) in [4.78, 5) is 28.3. The minimum absolute atomic E-state index is 0.161. The van der Waals surface area contributed by atoms with Crippen LogP contribution < -0.4 is 15.5 Å². The average Bonchev–Trinajstić information content (AvgIpc) is 4.15. The Morgan fingerprint density at radius 1 is 0.688 bits per heavy atom. The van der Waals surface area contributed by atoms with Crippen LogP contribution in [0.4, 0.5) is 21.7 Å². The number of aromatic amines is 2. The monoisotopic (exact) mass is 855 g/mol. The normalized spacial score (nSPS) is 16.5. The summed E-state index contributed by atoms with van der Waals surface area (Å²) in [5.41, 5.74) is 16.2. The number of nitrogens with one attached hydrogen (secondary N) is 2. The van der Waals surface area contributed by atoms with Crippen LogP contribution in [0.1, 0.15) is 19.4 Å². The number of imidazole rings is 1. The molecule has 15 nitrogen and oxygen atoms in total. The molecule has 64 heavy (non-hydrogen) atoms. The summed E-state index contributed by atoms with van der Waals surface area (Å²) in [6.07, 6.45) is 10.8. The van der Waals surface area contributed by atoms with Crippen LogP contribution in [-0.2, 0) is 16.0 Å². The summed E-state index contributed by atoms with van der Waals surface area (Å²) in [6.45, 7) is 9.14. The molecular formula is C48H46FN13O2. The minimum Gasteiger partial charge on any atom is -0.398 e. The summed E-state index contributed by atoms with van der Waals surface area (Å²) in [6, 6.07) is 27.1. The highest BCUT2D eigenvalue weighted by Crippen LogP contribution is 2.39. The van der Waals surface area contributed by atoms with Gasteiger partial charge in [-0.05, 0) is 79.6 Å². The number of anilines is 3. The van der Waals surface area contributed by atoms with Gasteiger partial charge in [-0.25, -0.2) is 19.3 Å². The molecule has 11 rings (SSSR count). The van der Waals surface area contributed by atoms with Crippen molar-refractivity contribution in [2.24, 2.45) is 0 Å². The second-order valence-electron chi connectivity index (χ2n) is 16.0. The van der Waals surface area contributed by atoms with Crippen LogP contribution in [0, 0.1) is 5.82 Å². The van der Waals surface area contributed by atoms with Gasteiger partial charge >= 0.3 is 0 Å². The maximum absolute atomic E-state index is 14.1. The molecule has 9 heterocycles. The zero-order chi connectivity index (χ0) is 43.6. The van der Waals surface area contributed by atoms with Gasteiger partial charge in [-0.3, -0.25) is 20.2 Å². The highest BCUT2D eigenvalue weighted by atomic mass is 19.1. The Bertz CT molecular complexity index is 3030. The third kappa shape index (κ3) is 8.00. The van der Waals surface area contributed by atoms with Crippen molar-refractivity contribution in [3.8, 4) is 45.2 Å². The van der Waals surface area contributed by atoms with Gasteiger partial charge in [0.25, 0.3) is 0 Å². The number of nitrogen functional groups attached to an aromatic ring is 1. The molecule has 2 aliphatic rings. The first-order chi connectivity index (χ1) is 31.4. The van der Waals surface area contributed by atoms with Gasteiger partial charge in [0, 0.05) is 72.0 Å². The Hall–Kier alpha value is -7.56. The third-order valence-corrected chi connectivity index (χ3v) is 11.8. The topological polar surface area (TPSA) is 178 Å². The van der Waals surface area contributed by atoms with Gasteiger partial charge < -0.3 is 29.6 Å². The molecule has 16 heteroatoms. The second kappa shape index (κ2) is 17.7. The zero-order valence-electron chi connectivity index (χ0n) is 35.4. The van der Waals surface area contributed by atoms with Gasteiger partial charge in [0.1, 0.15) is 39.9 Å². The summed E-state index contributed by atoms with van der Waals surface area (Å²) in [5.74, 6) is 1.36. The number of morpholine rings is 2. The van der Waals surface area contributed by atoms with E-state index in [1.54, 1.807) is 24.7 Å². The second-order valence-corrected chi connectivity index (χ2v) is 16.0. The number of nitrogens with two attached hydrogens (primary N) is 1. The van der Waals surface area contributed by atoms with Gasteiger partial charge in [0.15, 0.2) is 0 Å². The van der Waals surface area contributed by atoms with Crippen molar-refractivity contribution in [3.63, 3.8) is 0 Å². The van der Waals surface area contributed by atoms with E-state index < -0.39 is 0 Å². The quantitative estimate of drug-likeness (QED) is 0.127. The number of H-pyrrole nitrogens is 2. The van der Waals surface area contributed by atoms with Crippen molar-refractivity contribution in [1.82, 2.24) is 49.9 Å². The van der Waals surface area contributed by atoms with E-state index in [0.29, 0.717) is 48.9 Å². The molecule has 0 saturated carbocycles. The van der Waals surface area contributed by atoms with Crippen LogP contribution in [0.15, 0.2) is 122 Å². The summed E-state index contributed by atoms with van der Waals surface area (Å²) >= 11 is 0. The van der Waals surface area contributed by atoms with E-state index in [0.717, 1.165) is 81.5 Å². The van der Waals surface area contributed by atoms with E-state index in [9.17, 15) is 4.39 Å². The predicted octanol–water partition coefficient (Wildman–Crippen LogP) is 7.79. The maximum Gasteiger partial charge on any atom is 0.130 e. The average molecular weight is 856 g/mol. The molecule has 7 aromatic heterocycles. The van der Waals surface area contributed by atoms with Crippen LogP contribution in [0.25, 0.3) is 67.0 Å². The fourth-order valence-electron chi connectivity index (χ4n) is 8.52. The number of hydrogen-bond acceptors (Lipinski definition) is 12. The largest absolute Gasteiger partial charge is 0.398 e. The van der Waals surface area contributed by atoms with Gasteiger partial charge in [0.05, 0.1) is 68.1 Å². The number of rotatable bonds is 8. The molecule has 0 radical (unpaired) electrons. The van der Waals surface area contributed by atoms with Crippen LogP contribution in [0.3, 0.4) is 0 Å². The van der Waals surface area contributed by atoms with Crippen LogP contribution in [0.5, 0.6) is 0 Å². The first-order valence-corrected chi connectivity index (χ1v) is 21.3. The molecule has 2 aliphatic heterocycles. The number of hydrogen-bond donors (Lipinski definition) is 3. The first-order valence-electron chi connectivity index (χ1n) is 21.3. The lowest BCUT2D eigenvalue weighted by Gasteiger charge is -2.34. The van der Waals surface area contributed by atoms with Crippen molar-refractivity contribution >= 4 is 39.1 Å². The van der Waals surface area contributed by atoms with Crippen molar-refractivity contribution in [3.05, 3.63) is 134 Å². The molecule has 322 valence electrons. The predicted molar refractivity (Wildman–Crippen MR) is 246 cm³/mol. The van der Waals surface area contributed by atoms with Gasteiger partial charge in [-0.2, -0.15) is 10.2 Å². The lowest BCUT2D eigenvalue weighted by atomic mass is 9.98. The SMILES string of the molecule is C[C@@H]1COCCN1c1cc(-c2cc(F)ccc2N)c2ccnc(-c3ccn[nH]3)c2n1.C[C@@H]1COCCN1c1cc(-c2cncn2Cc2ccccc2)c2ccnc(-c3ccn[nH]3)c2n1. The van der Waals surface area contributed by atoms with E-state index in [2.05, 4.69) is 93.9 Å².